The molecule has 0 aromatic heterocycles. The minimum absolute atomic E-state index is 0.0835. The summed E-state index contributed by atoms with van der Waals surface area (Å²) in [6.45, 7) is 9.17. The summed E-state index contributed by atoms with van der Waals surface area (Å²) in [5.74, 6) is 0. The zero-order valence-corrected chi connectivity index (χ0v) is 13.9. The van der Waals surface area contributed by atoms with Gasteiger partial charge in [-0.3, -0.25) is 4.90 Å². The largest absolute Gasteiger partial charge is 0.338 e. The third kappa shape index (κ3) is 4.73. The average molecular weight is 303 g/mol. The molecule has 0 radical (unpaired) electrons. The van der Waals surface area contributed by atoms with Crippen LogP contribution in [-0.2, 0) is 6.42 Å². The van der Waals surface area contributed by atoms with Crippen LogP contribution >= 0.6 is 0 Å². The number of likely N-dealkylation sites (tertiary alicyclic amines) is 1. The van der Waals surface area contributed by atoms with Crippen molar-refractivity contribution in [2.75, 3.05) is 32.7 Å². The smallest absolute Gasteiger partial charge is 0.317 e. The average Bonchev–Trinajstić information content (AvgIpc) is 2.47. The summed E-state index contributed by atoms with van der Waals surface area (Å²) >= 11 is 0. The van der Waals surface area contributed by atoms with E-state index < -0.39 is 0 Å². The fraction of sp³-hybridized carbons (Fsp3) is 0.611. The predicted molar refractivity (Wildman–Crippen MR) is 91.1 cm³/mol. The molecule has 1 fully saturated rings. The van der Waals surface area contributed by atoms with Gasteiger partial charge in [0.1, 0.15) is 0 Å². The molecule has 1 saturated heterocycles. The second kappa shape index (κ2) is 8.79. The molecule has 0 atom stereocenters. The van der Waals surface area contributed by atoms with Crippen LogP contribution in [0.1, 0.15) is 32.3 Å². The van der Waals surface area contributed by atoms with E-state index in [1.54, 1.807) is 0 Å². The number of hydrogen-bond acceptors (Lipinski definition) is 2. The van der Waals surface area contributed by atoms with Gasteiger partial charge in [0.2, 0.25) is 0 Å². The molecule has 1 aliphatic rings. The third-order valence-corrected chi connectivity index (χ3v) is 4.22. The summed E-state index contributed by atoms with van der Waals surface area (Å²) in [5.41, 5.74) is 1.27. The summed E-state index contributed by atoms with van der Waals surface area (Å²) in [4.78, 5) is 16.5. The monoisotopic (exact) mass is 303 g/mol. The van der Waals surface area contributed by atoms with Crippen molar-refractivity contribution in [2.45, 2.75) is 39.2 Å². The topological polar surface area (TPSA) is 35.6 Å². The van der Waals surface area contributed by atoms with E-state index in [0.717, 1.165) is 32.6 Å². The first-order chi connectivity index (χ1) is 10.7. The van der Waals surface area contributed by atoms with Crippen LogP contribution in [0.4, 0.5) is 4.79 Å². The number of rotatable bonds is 8. The first-order valence-corrected chi connectivity index (χ1v) is 8.55. The molecule has 2 rings (SSSR count). The van der Waals surface area contributed by atoms with Crippen molar-refractivity contribution in [2.24, 2.45) is 0 Å². The fourth-order valence-corrected chi connectivity index (χ4v) is 2.97. The van der Waals surface area contributed by atoms with Crippen molar-refractivity contribution in [1.82, 2.24) is 15.1 Å². The maximum Gasteiger partial charge on any atom is 0.317 e. The molecule has 4 nitrogen and oxygen atoms in total. The molecule has 1 aliphatic heterocycles. The quantitative estimate of drug-likeness (QED) is 0.801. The molecule has 2 amide bonds. The van der Waals surface area contributed by atoms with E-state index >= 15 is 0 Å². The van der Waals surface area contributed by atoms with E-state index in [1.807, 2.05) is 23.1 Å². The minimum Gasteiger partial charge on any atom is -0.338 e. The summed E-state index contributed by atoms with van der Waals surface area (Å²) in [5, 5.41) is 3.03. The molecule has 1 aromatic rings. The molecule has 0 bridgehead atoms. The van der Waals surface area contributed by atoms with Gasteiger partial charge in [0, 0.05) is 25.7 Å². The summed E-state index contributed by atoms with van der Waals surface area (Å²) in [6, 6.07) is 10.9. The maximum absolute atomic E-state index is 12.1. The minimum atomic E-state index is 0.0835. The lowest BCUT2D eigenvalue weighted by Crippen LogP contribution is -2.63. The Balaban J connectivity index is 1.66. The van der Waals surface area contributed by atoms with Gasteiger partial charge in [-0.2, -0.15) is 0 Å². The highest BCUT2D eigenvalue weighted by atomic mass is 16.2. The lowest BCUT2D eigenvalue weighted by atomic mass is 10.1. The second-order valence-electron chi connectivity index (χ2n) is 6.06. The van der Waals surface area contributed by atoms with Crippen molar-refractivity contribution < 1.29 is 4.79 Å². The van der Waals surface area contributed by atoms with Crippen molar-refractivity contribution in [3.8, 4) is 0 Å². The fourth-order valence-electron chi connectivity index (χ4n) is 2.97. The number of nitrogens with one attached hydrogen (secondary N) is 1. The SMILES string of the molecule is CCCN(CCC)C1CN(C(=O)NCCc2ccccc2)C1. The van der Waals surface area contributed by atoms with Crippen LogP contribution in [-0.4, -0.2) is 54.6 Å². The van der Waals surface area contributed by atoms with Gasteiger partial charge in [-0.1, -0.05) is 44.2 Å². The molecule has 0 unspecified atom stereocenters. The van der Waals surface area contributed by atoms with Gasteiger partial charge in [0.25, 0.3) is 0 Å². The van der Waals surface area contributed by atoms with Gasteiger partial charge >= 0.3 is 6.03 Å². The molecule has 0 spiro atoms. The highest BCUT2D eigenvalue weighted by Gasteiger charge is 2.33. The molecule has 0 saturated carbocycles. The third-order valence-electron chi connectivity index (χ3n) is 4.22. The van der Waals surface area contributed by atoms with E-state index in [4.69, 9.17) is 0 Å². The van der Waals surface area contributed by atoms with Crippen molar-refractivity contribution >= 4 is 6.03 Å². The number of urea groups is 1. The van der Waals surface area contributed by atoms with Gasteiger partial charge in [-0.05, 0) is 37.9 Å². The first kappa shape index (κ1) is 16.8. The molecular weight excluding hydrogens is 274 g/mol. The Kier molecular flexibility index (Phi) is 6.72. The Hall–Kier alpha value is -1.55. The Morgan fingerprint density at radius 3 is 2.41 bits per heavy atom. The summed E-state index contributed by atoms with van der Waals surface area (Å²) in [7, 11) is 0. The van der Waals surface area contributed by atoms with Crippen LogP contribution in [0, 0.1) is 0 Å². The zero-order valence-electron chi connectivity index (χ0n) is 13.9. The zero-order chi connectivity index (χ0) is 15.8. The van der Waals surface area contributed by atoms with E-state index in [2.05, 4.69) is 36.2 Å². The molecule has 1 heterocycles. The lowest BCUT2D eigenvalue weighted by Gasteiger charge is -2.45. The standard InChI is InChI=1S/C18H29N3O/c1-3-12-20(13-4-2)17-14-21(15-17)18(22)19-11-10-16-8-6-5-7-9-16/h5-9,17H,3-4,10-15H2,1-2H3,(H,19,22). The number of nitrogens with zero attached hydrogens (tertiary/aromatic N) is 2. The molecule has 122 valence electrons. The predicted octanol–water partition coefficient (Wildman–Crippen LogP) is 2.74. The number of carbonyl (C=O) groups is 1. The molecule has 4 heteroatoms. The van der Waals surface area contributed by atoms with Crippen LogP contribution < -0.4 is 5.32 Å². The van der Waals surface area contributed by atoms with Crippen molar-refractivity contribution in [1.29, 1.82) is 0 Å². The Morgan fingerprint density at radius 2 is 1.82 bits per heavy atom. The van der Waals surface area contributed by atoms with E-state index in [1.165, 1.54) is 18.4 Å². The molecule has 1 N–H and O–H groups in total. The Morgan fingerprint density at radius 1 is 1.18 bits per heavy atom. The van der Waals surface area contributed by atoms with E-state index in [-0.39, 0.29) is 6.03 Å². The highest BCUT2D eigenvalue weighted by molar-refractivity contribution is 5.75. The number of hydrogen-bond donors (Lipinski definition) is 1. The van der Waals surface area contributed by atoms with Crippen molar-refractivity contribution in [3.05, 3.63) is 35.9 Å². The lowest BCUT2D eigenvalue weighted by molar-refractivity contribution is 0.0566. The van der Waals surface area contributed by atoms with Gasteiger partial charge in [0.05, 0.1) is 0 Å². The van der Waals surface area contributed by atoms with Gasteiger partial charge < -0.3 is 10.2 Å². The van der Waals surface area contributed by atoms with Gasteiger partial charge in [-0.25, -0.2) is 4.79 Å². The van der Waals surface area contributed by atoms with E-state index in [0.29, 0.717) is 12.6 Å². The summed E-state index contributed by atoms with van der Waals surface area (Å²) < 4.78 is 0. The normalized spacial score (nSPS) is 15.0. The van der Waals surface area contributed by atoms with Gasteiger partial charge in [0.15, 0.2) is 0 Å². The van der Waals surface area contributed by atoms with Crippen LogP contribution in [0.25, 0.3) is 0 Å². The summed E-state index contributed by atoms with van der Waals surface area (Å²) in [6.07, 6.45) is 3.25. The molecule has 0 aliphatic carbocycles. The Labute approximate surface area is 134 Å². The van der Waals surface area contributed by atoms with Gasteiger partial charge in [-0.15, -0.1) is 0 Å². The number of carbonyl (C=O) groups excluding carboxylic acids is 1. The first-order valence-electron chi connectivity index (χ1n) is 8.55. The van der Waals surface area contributed by atoms with Crippen LogP contribution in [0.15, 0.2) is 30.3 Å². The van der Waals surface area contributed by atoms with Crippen LogP contribution in [0.2, 0.25) is 0 Å². The molecule has 22 heavy (non-hydrogen) atoms. The van der Waals surface area contributed by atoms with Crippen molar-refractivity contribution in [3.63, 3.8) is 0 Å². The number of benzene rings is 1. The highest BCUT2D eigenvalue weighted by Crippen LogP contribution is 2.15. The Bertz CT molecular complexity index is 437. The molecular formula is C18H29N3O. The second-order valence-corrected chi connectivity index (χ2v) is 6.06. The van der Waals surface area contributed by atoms with Crippen LogP contribution in [0.3, 0.4) is 0 Å². The number of amides is 2. The maximum atomic E-state index is 12.1. The van der Waals surface area contributed by atoms with Crippen LogP contribution in [0.5, 0.6) is 0 Å². The van der Waals surface area contributed by atoms with E-state index in [9.17, 15) is 4.79 Å². The molecule has 1 aromatic carbocycles.